The first-order valence-electron chi connectivity index (χ1n) is 8.64. The second-order valence-corrected chi connectivity index (χ2v) is 7.46. The van der Waals surface area contributed by atoms with Gasteiger partial charge in [-0.1, -0.05) is 12.1 Å². The van der Waals surface area contributed by atoms with Gasteiger partial charge in [-0.25, -0.2) is 4.79 Å². The van der Waals surface area contributed by atoms with Gasteiger partial charge in [0.2, 0.25) is 5.43 Å². The van der Waals surface area contributed by atoms with Gasteiger partial charge < -0.3 is 15.1 Å². The summed E-state index contributed by atoms with van der Waals surface area (Å²) in [5.74, 6) is -2.91. The largest absolute Gasteiger partial charge is 0.502 e. The minimum atomic E-state index is -1.48. The van der Waals surface area contributed by atoms with Crippen molar-refractivity contribution in [1.29, 1.82) is 0 Å². The fraction of sp³-hybridized carbons (Fsp3) is 0.158. The molecule has 3 aromatic rings. The number of fused-ring (bicyclic) bond motifs is 1. The van der Waals surface area contributed by atoms with E-state index in [1.165, 1.54) is 20.9 Å². The van der Waals surface area contributed by atoms with Gasteiger partial charge in [0.05, 0.1) is 18.8 Å². The summed E-state index contributed by atoms with van der Waals surface area (Å²) in [5, 5.41) is 23.2. The van der Waals surface area contributed by atoms with E-state index in [9.17, 15) is 24.6 Å². The molecular weight excluding hydrogens is 396 g/mol. The zero-order valence-corrected chi connectivity index (χ0v) is 15.9. The predicted molar refractivity (Wildman–Crippen MR) is 105 cm³/mol. The van der Waals surface area contributed by atoms with Gasteiger partial charge >= 0.3 is 5.97 Å². The summed E-state index contributed by atoms with van der Waals surface area (Å²) < 4.78 is 1.24. The van der Waals surface area contributed by atoms with E-state index in [1.54, 1.807) is 23.3 Å². The normalized spacial score (nSPS) is 13.4. The Morgan fingerprint density at radius 2 is 2.00 bits per heavy atom. The van der Waals surface area contributed by atoms with Crippen LogP contribution in [0.5, 0.6) is 5.75 Å². The molecule has 1 aliphatic rings. The quantitative estimate of drug-likeness (QED) is 0.652. The van der Waals surface area contributed by atoms with Crippen LogP contribution < -0.4 is 10.4 Å². The van der Waals surface area contributed by atoms with Crippen LogP contribution in [0.1, 0.15) is 31.4 Å². The topological polar surface area (TPSA) is 116 Å². The van der Waals surface area contributed by atoms with E-state index in [-0.39, 0.29) is 18.9 Å². The van der Waals surface area contributed by atoms with E-state index in [0.29, 0.717) is 12.2 Å². The highest BCUT2D eigenvalue weighted by molar-refractivity contribution is 7.09. The second-order valence-electron chi connectivity index (χ2n) is 6.43. The molecule has 29 heavy (non-hydrogen) atoms. The Morgan fingerprint density at radius 3 is 2.66 bits per heavy atom. The van der Waals surface area contributed by atoms with Crippen LogP contribution >= 0.6 is 11.3 Å². The zero-order valence-electron chi connectivity index (χ0n) is 15.1. The van der Waals surface area contributed by atoms with Crippen LogP contribution in [0, 0.1) is 0 Å². The van der Waals surface area contributed by atoms with Gasteiger partial charge in [0.15, 0.2) is 11.4 Å². The number of hydrogen-bond donors (Lipinski definition) is 2. The SMILES string of the molecule is O=C(O)c1cn2c(c(O)c1=O)C(=O)N(Cc1cccs1)CN2Cc1ccccn1. The van der Waals surface area contributed by atoms with Crippen molar-refractivity contribution in [3.8, 4) is 5.75 Å². The molecule has 9 nitrogen and oxygen atoms in total. The Bertz CT molecular complexity index is 1130. The van der Waals surface area contributed by atoms with E-state index >= 15 is 0 Å². The van der Waals surface area contributed by atoms with E-state index in [1.807, 2.05) is 23.6 Å². The van der Waals surface area contributed by atoms with Gasteiger partial charge in [0.1, 0.15) is 12.2 Å². The Labute approximate surface area is 168 Å². The van der Waals surface area contributed by atoms with Crippen LogP contribution in [0.3, 0.4) is 0 Å². The summed E-state index contributed by atoms with van der Waals surface area (Å²) in [4.78, 5) is 43.4. The lowest BCUT2D eigenvalue weighted by molar-refractivity contribution is 0.0655. The zero-order chi connectivity index (χ0) is 20.5. The molecular formula is C19H16N4O5S. The summed E-state index contributed by atoms with van der Waals surface area (Å²) in [5.41, 5.74) is -1.29. The average Bonchev–Trinajstić information content (AvgIpc) is 3.21. The monoisotopic (exact) mass is 412 g/mol. The number of carboxylic acids is 1. The lowest BCUT2D eigenvalue weighted by Crippen LogP contribution is -2.53. The molecule has 0 aromatic carbocycles. The fourth-order valence-corrected chi connectivity index (χ4v) is 3.88. The fourth-order valence-electron chi connectivity index (χ4n) is 3.16. The molecule has 3 aromatic heterocycles. The minimum absolute atomic E-state index is 0.127. The molecule has 0 aliphatic carbocycles. The number of carbonyl (C=O) groups is 2. The summed E-state index contributed by atoms with van der Waals surface area (Å²) in [6.07, 6.45) is 2.70. The van der Waals surface area contributed by atoms with E-state index < -0.39 is 28.6 Å². The number of pyridine rings is 2. The number of amides is 1. The van der Waals surface area contributed by atoms with Crippen LogP contribution in [-0.4, -0.2) is 43.3 Å². The molecule has 0 spiro atoms. The van der Waals surface area contributed by atoms with Gasteiger partial charge in [-0.15, -0.1) is 11.3 Å². The molecule has 0 radical (unpaired) electrons. The molecule has 0 atom stereocenters. The van der Waals surface area contributed by atoms with Gasteiger partial charge in [-0.2, -0.15) is 0 Å². The average molecular weight is 412 g/mol. The highest BCUT2D eigenvalue weighted by atomic mass is 32.1. The van der Waals surface area contributed by atoms with Gasteiger partial charge in [-0.3, -0.25) is 24.3 Å². The van der Waals surface area contributed by atoms with Crippen molar-refractivity contribution in [3.63, 3.8) is 0 Å². The van der Waals surface area contributed by atoms with E-state index in [2.05, 4.69) is 4.98 Å². The van der Waals surface area contributed by atoms with Crippen molar-refractivity contribution in [2.24, 2.45) is 0 Å². The summed E-state index contributed by atoms with van der Waals surface area (Å²) in [7, 11) is 0. The molecule has 1 amide bonds. The predicted octanol–water partition coefficient (Wildman–Crippen LogP) is 1.46. The number of aromatic nitrogens is 2. The molecule has 2 N–H and O–H groups in total. The number of carboxylic acid groups (broad SMARTS) is 1. The van der Waals surface area contributed by atoms with Gasteiger partial charge in [0, 0.05) is 17.3 Å². The maximum atomic E-state index is 13.0. The summed E-state index contributed by atoms with van der Waals surface area (Å²) >= 11 is 1.49. The number of rotatable bonds is 5. The molecule has 0 unspecified atom stereocenters. The van der Waals surface area contributed by atoms with Crippen molar-refractivity contribution < 1.29 is 19.8 Å². The number of hydrogen-bond acceptors (Lipinski definition) is 7. The molecule has 10 heteroatoms. The first-order chi connectivity index (χ1) is 14.0. The summed E-state index contributed by atoms with van der Waals surface area (Å²) in [6, 6.07) is 9.13. The summed E-state index contributed by atoms with van der Waals surface area (Å²) in [6.45, 7) is 0.661. The molecule has 4 rings (SSSR count). The Morgan fingerprint density at radius 1 is 1.17 bits per heavy atom. The first kappa shape index (κ1) is 18.7. The number of aromatic hydroxyl groups is 1. The van der Waals surface area contributed by atoms with Gasteiger partial charge in [-0.05, 0) is 23.6 Å². The molecule has 0 bridgehead atoms. The lowest BCUT2D eigenvalue weighted by atomic mass is 10.2. The Hall–Kier alpha value is -3.66. The van der Waals surface area contributed by atoms with Crippen molar-refractivity contribution in [3.05, 3.63) is 80.2 Å². The third-order valence-electron chi connectivity index (χ3n) is 4.52. The lowest BCUT2D eigenvalue weighted by Gasteiger charge is -2.39. The standard InChI is InChI=1S/C19H16N4O5S/c24-16-14(19(27)28)10-23-15(17(16)25)18(26)21(9-13-5-3-7-29-13)11-22(23)8-12-4-1-2-6-20-12/h1-7,10,25H,8-9,11H2,(H,27,28). The number of aromatic carboxylic acids is 1. The van der Waals surface area contributed by atoms with Crippen LogP contribution in [0.2, 0.25) is 0 Å². The first-order valence-corrected chi connectivity index (χ1v) is 9.52. The number of carbonyl (C=O) groups excluding carboxylic acids is 1. The maximum absolute atomic E-state index is 13.0. The van der Waals surface area contributed by atoms with E-state index in [4.69, 9.17) is 0 Å². The van der Waals surface area contributed by atoms with Gasteiger partial charge in [0.25, 0.3) is 5.91 Å². The van der Waals surface area contributed by atoms with Crippen LogP contribution in [0.4, 0.5) is 0 Å². The Kier molecular flexibility index (Phi) is 4.77. The molecule has 1 aliphatic heterocycles. The highest BCUT2D eigenvalue weighted by Gasteiger charge is 2.34. The van der Waals surface area contributed by atoms with Crippen LogP contribution in [0.15, 0.2) is 52.9 Å². The third-order valence-corrected chi connectivity index (χ3v) is 5.38. The smallest absolute Gasteiger partial charge is 0.341 e. The van der Waals surface area contributed by atoms with Crippen molar-refractivity contribution in [2.75, 3.05) is 11.7 Å². The molecule has 0 saturated heterocycles. The molecule has 0 fully saturated rings. The third kappa shape index (κ3) is 3.45. The number of nitrogens with zero attached hydrogens (tertiary/aromatic N) is 4. The maximum Gasteiger partial charge on any atom is 0.341 e. The van der Waals surface area contributed by atoms with Crippen molar-refractivity contribution >= 4 is 23.2 Å². The van der Waals surface area contributed by atoms with Crippen molar-refractivity contribution in [2.45, 2.75) is 13.1 Å². The molecule has 0 saturated carbocycles. The van der Waals surface area contributed by atoms with E-state index in [0.717, 1.165) is 11.1 Å². The van der Waals surface area contributed by atoms with Crippen LogP contribution in [0.25, 0.3) is 0 Å². The van der Waals surface area contributed by atoms with Crippen molar-refractivity contribution in [1.82, 2.24) is 14.6 Å². The molecule has 4 heterocycles. The second kappa shape index (κ2) is 7.40. The molecule has 148 valence electrons. The highest BCUT2D eigenvalue weighted by Crippen LogP contribution is 2.24. The van der Waals surface area contributed by atoms with Crippen LogP contribution in [-0.2, 0) is 13.1 Å². The minimum Gasteiger partial charge on any atom is -0.502 e. The number of thiophene rings is 1. The Balaban J connectivity index is 1.82.